The van der Waals surface area contributed by atoms with Crippen LogP contribution in [0.4, 0.5) is 0 Å². The van der Waals surface area contributed by atoms with Crippen LogP contribution in [0, 0.1) is 0 Å². The van der Waals surface area contributed by atoms with Gasteiger partial charge in [0.25, 0.3) is 0 Å². The van der Waals surface area contributed by atoms with Gasteiger partial charge in [0, 0.05) is 27.3 Å². The van der Waals surface area contributed by atoms with E-state index in [1.165, 1.54) is 19.3 Å². The topological polar surface area (TPSA) is 97.9 Å². The summed E-state index contributed by atoms with van der Waals surface area (Å²) in [6.07, 6.45) is 4.61. The van der Waals surface area contributed by atoms with Gasteiger partial charge >= 0.3 is 0 Å². The van der Waals surface area contributed by atoms with Crippen molar-refractivity contribution >= 4 is 0 Å². The molecule has 0 aromatic rings. The van der Waals surface area contributed by atoms with Crippen LogP contribution >= 0.6 is 0 Å². The lowest BCUT2D eigenvalue weighted by molar-refractivity contribution is -0.216. The largest absolute Gasteiger partial charge is 0.376 e. The molecule has 0 saturated carbocycles. The maximum absolute atomic E-state index is 6.02. The quantitative estimate of drug-likeness (QED) is 0.343. The summed E-state index contributed by atoms with van der Waals surface area (Å²) in [5.41, 5.74) is 0. The van der Waals surface area contributed by atoms with Gasteiger partial charge in [0.05, 0.1) is 0 Å². The highest BCUT2D eigenvalue weighted by Crippen LogP contribution is 2.39. The molecule has 0 aromatic carbocycles. The molecule has 4 fully saturated rings. The van der Waals surface area contributed by atoms with E-state index in [0.717, 1.165) is 39.0 Å². The molecule has 4 aliphatic heterocycles. The van der Waals surface area contributed by atoms with Crippen LogP contribution in [0.25, 0.3) is 0 Å². The lowest BCUT2D eigenvalue weighted by Crippen LogP contribution is -2.41. The maximum Gasteiger partial charge on any atom is 0.190 e. The summed E-state index contributed by atoms with van der Waals surface area (Å²) in [5.74, 6) is -1.23. The molecule has 2 N–H and O–H groups in total. The number of rotatable bonds is 14. The molecule has 0 unspecified atom stereocenters. The molecule has 0 bridgehead atoms. The van der Waals surface area contributed by atoms with Gasteiger partial charge in [-0.15, -0.1) is 0 Å². The number of nitrogens with one attached hydrogen (secondary N) is 2. The van der Waals surface area contributed by atoms with E-state index in [-0.39, 0.29) is 49.2 Å². The summed E-state index contributed by atoms with van der Waals surface area (Å²) in [5, 5.41) is 7.00. The molecule has 10 heteroatoms. The Morgan fingerprint density at radius 2 is 1.00 bits per heavy atom. The highest BCUT2D eigenvalue weighted by Gasteiger charge is 2.55. The molecule has 0 aliphatic carbocycles. The van der Waals surface area contributed by atoms with Gasteiger partial charge in [-0.05, 0) is 53.6 Å². The van der Waals surface area contributed by atoms with Gasteiger partial charge in [-0.3, -0.25) is 0 Å². The maximum atomic E-state index is 6.02. The van der Waals surface area contributed by atoms with E-state index >= 15 is 0 Å². The van der Waals surface area contributed by atoms with Crippen LogP contribution in [0.2, 0.25) is 0 Å². The van der Waals surface area contributed by atoms with E-state index in [1.807, 2.05) is 27.7 Å². The highest BCUT2D eigenvalue weighted by atomic mass is 16.8. The molecule has 4 aliphatic rings. The van der Waals surface area contributed by atoms with Crippen molar-refractivity contribution in [2.75, 3.05) is 40.4 Å². The van der Waals surface area contributed by atoms with Crippen molar-refractivity contribution in [3.05, 3.63) is 0 Å². The molecule has 0 amide bonds. The van der Waals surface area contributed by atoms with Crippen molar-refractivity contribution in [2.45, 2.75) is 121 Å². The molecule has 8 atom stereocenters. The minimum Gasteiger partial charge on any atom is -0.376 e. The molecule has 35 heavy (non-hydrogen) atoms. The zero-order valence-corrected chi connectivity index (χ0v) is 22.2. The van der Waals surface area contributed by atoms with Crippen molar-refractivity contribution in [2.24, 2.45) is 0 Å². The average molecular weight is 503 g/mol. The monoisotopic (exact) mass is 502 g/mol. The van der Waals surface area contributed by atoms with Crippen molar-refractivity contribution in [3.8, 4) is 0 Å². The molecule has 204 valence electrons. The number of methoxy groups -OCH3 is 2. The zero-order valence-electron chi connectivity index (χ0n) is 22.2. The first-order chi connectivity index (χ1) is 16.7. The Kier molecular flexibility index (Phi) is 9.46. The molecule has 0 aromatic heterocycles. The van der Waals surface area contributed by atoms with Gasteiger partial charge in [0.2, 0.25) is 0 Å². The first kappa shape index (κ1) is 27.6. The molecular weight excluding hydrogens is 456 g/mol. The van der Waals surface area contributed by atoms with E-state index in [0.29, 0.717) is 0 Å². The van der Waals surface area contributed by atoms with Crippen LogP contribution in [0.5, 0.6) is 0 Å². The van der Waals surface area contributed by atoms with Crippen LogP contribution in [-0.4, -0.2) is 101 Å². The fraction of sp³-hybridized carbons (Fsp3) is 1.00. The lowest BCUT2D eigenvalue weighted by Gasteiger charge is -2.25. The second-order valence-corrected chi connectivity index (χ2v) is 10.9. The molecule has 0 radical (unpaired) electrons. The van der Waals surface area contributed by atoms with Gasteiger partial charge in [-0.2, -0.15) is 0 Å². The molecule has 10 nitrogen and oxygen atoms in total. The van der Waals surface area contributed by atoms with Gasteiger partial charge in [0.15, 0.2) is 24.2 Å². The Hall–Kier alpha value is -0.400. The van der Waals surface area contributed by atoms with E-state index < -0.39 is 11.6 Å². The Morgan fingerprint density at radius 1 is 0.600 bits per heavy atom. The van der Waals surface area contributed by atoms with Gasteiger partial charge in [-0.1, -0.05) is 19.3 Å². The van der Waals surface area contributed by atoms with Gasteiger partial charge in [-0.25, -0.2) is 0 Å². The Labute approximate surface area is 209 Å². The van der Waals surface area contributed by atoms with Gasteiger partial charge < -0.3 is 48.5 Å². The first-order valence-corrected chi connectivity index (χ1v) is 13.2. The van der Waals surface area contributed by atoms with Crippen molar-refractivity contribution in [1.82, 2.24) is 10.6 Å². The smallest absolute Gasteiger partial charge is 0.190 e. The third kappa shape index (κ3) is 6.93. The summed E-state index contributed by atoms with van der Waals surface area (Å²) in [6, 6.07) is 0. The minimum absolute atomic E-state index is 0.0529. The SMILES string of the molecule is CO[C@@H]1[C@H]2OC(C)(C)O[C@H]2O[C@@H]1CNCCCCCCCNC[C@@H]1O[C@H]2OC(C)(C)O[C@H]2[C@@H]1OC. The van der Waals surface area contributed by atoms with E-state index in [9.17, 15) is 0 Å². The number of unbranched alkanes of at least 4 members (excludes halogenated alkanes) is 4. The second-order valence-electron chi connectivity index (χ2n) is 10.9. The van der Waals surface area contributed by atoms with Crippen molar-refractivity contribution < 1.29 is 37.9 Å². The summed E-state index contributed by atoms with van der Waals surface area (Å²) in [7, 11) is 3.41. The van der Waals surface area contributed by atoms with Gasteiger partial charge in [0.1, 0.15) is 36.6 Å². The fourth-order valence-corrected chi connectivity index (χ4v) is 5.51. The Morgan fingerprint density at radius 3 is 1.40 bits per heavy atom. The Balaban J connectivity index is 0.984. The summed E-state index contributed by atoms with van der Waals surface area (Å²) < 4.78 is 46.8. The first-order valence-electron chi connectivity index (χ1n) is 13.2. The summed E-state index contributed by atoms with van der Waals surface area (Å²) >= 11 is 0. The molecular formula is C25H46N2O8. The number of ether oxygens (including phenoxy) is 8. The highest BCUT2D eigenvalue weighted by molar-refractivity contribution is 4.95. The standard InChI is InChI=1S/C25H46N2O8/c1-24(2)32-20-18(28-5)16(30-22(20)34-24)14-26-12-10-8-7-9-11-13-27-15-17-19(29-6)21-23(31-17)35-25(3,4)33-21/h16-23,26-27H,7-15H2,1-6H3/t16-,17+,18+,19-,20-,21+,22-,23+. The number of hydrogen-bond donors (Lipinski definition) is 2. The van der Waals surface area contributed by atoms with E-state index in [4.69, 9.17) is 37.9 Å². The predicted octanol–water partition coefficient (Wildman–Crippen LogP) is 1.90. The molecule has 0 spiro atoms. The van der Waals surface area contributed by atoms with E-state index in [1.54, 1.807) is 14.2 Å². The van der Waals surface area contributed by atoms with E-state index in [2.05, 4.69) is 10.6 Å². The van der Waals surface area contributed by atoms with Crippen molar-refractivity contribution in [3.63, 3.8) is 0 Å². The third-order valence-corrected chi connectivity index (χ3v) is 7.12. The number of fused-ring (bicyclic) bond motifs is 2. The summed E-state index contributed by atoms with van der Waals surface area (Å²) in [6.45, 7) is 11.0. The molecule has 4 heterocycles. The fourth-order valence-electron chi connectivity index (χ4n) is 5.51. The zero-order chi connectivity index (χ0) is 25.1. The van der Waals surface area contributed by atoms with Crippen LogP contribution in [0.15, 0.2) is 0 Å². The summed E-state index contributed by atoms with van der Waals surface area (Å²) in [4.78, 5) is 0. The second kappa shape index (κ2) is 12.0. The molecule has 4 saturated heterocycles. The van der Waals surface area contributed by atoms with Crippen molar-refractivity contribution in [1.29, 1.82) is 0 Å². The van der Waals surface area contributed by atoms with Crippen LogP contribution < -0.4 is 10.6 Å². The Bertz CT molecular complexity index is 611. The van der Waals surface area contributed by atoms with Crippen LogP contribution in [0.3, 0.4) is 0 Å². The van der Waals surface area contributed by atoms with Crippen LogP contribution in [-0.2, 0) is 37.9 Å². The normalized spacial score (nSPS) is 39.3. The lowest BCUT2D eigenvalue weighted by atomic mass is 10.1. The molecule has 4 rings (SSSR count). The number of hydrogen-bond acceptors (Lipinski definition) is 10. The third-order valence-electron chi connectivity index (χ3n) is 7.12. The predicted molar refractivity (Wildman–Crippen MR) is 128 cm³/mol. The minimum atomic E-state index is -0.614. The average Bonchev–Trinajstić information content (AvgIpc) is 3.45. The van der Waals surface area contributed by atoms with Crippen LogP contribution in [0.1, 0.15) is 59.8 Å².